The first kappa shape index (κ1) is 20.7. The van der Waals surface area contributed by atoms with Gasteiger partial charge in [0.25, 0.3) is 0 Å². The normalized spacial score (nSPS) is 24.0. The highest BCUT2D eigenvalue weighted by molar-refractivity contribution is 5.82. The molecule has 1 amide bonds. The molecule has 3 atom stereocenters. The lowest BCUT2D eigenvalue weighted by molar-refractivity contribution is -0.151. The fourth-order valence-corrected chi connectivity index (χ4v) is 4.36. The minimum absolute atomic E-state index is 0.233. The molecule has 1 aliphatic heterocycles. The van der Waals surface area contributed by atoms with Crippen LogP contribution in [0.3, 0.4) is 0 Å². The van der Waals surface area contributed by atoms with Crippen LogP contribution in [0.4, 0.5) is 4.79 Å². The van der Waals surface area contributed by atoms with Gasteiger partial charge in [0.1, 0.15) is 6.04 Å². The number of carbonyl (C=O) groups excluding carboxylic acids is 2. The van der Waals surface area contributed by atoms with Gasteiger partial charge in [0.2, 0.25) is 0 Å². The molecule has 0 unspecified atom stereocenters. The summed E-state index contributed by atoms with van der Waals surface area (Å²) in [5, 5.41) is 9.29. The van der Waals surface area contributed by atoms with Crippen molar-refractivity contribution in [3.05, 3.63) is 53.6 Å². The summed E-state index contributed by atoms with van der Waals surface area (Å²) in [5.41, 5.74) is 3.05. The molecule has 6 heteroatoms. The van der Waals surface area contributed by atoms with E-state index in [4.69, 9.17) is 9.47 Å². The SMILES string of the molecule is CCOC(=O)[C@@H]1C[C@H]2CC(/C(=C/C#N)c3ccccc3)=CC[C@H]2CN1C(=O)OC. The second-order valence-electron chi connectivity index (χ2n) is 7.37. The molecule has 6 nitrogen and oxygen atoms in total. The van der Waals surface area contributed by atoms with Gasteiger partial charge >= 0.3 is 12.1 Å². The molecular formula is C23H26N2O4. The standard InChI is InChI=1S/C23H26N2O4/c1-3-29-22(26)21-14-19-13-17(9-10-18(19)15-25(21)23(27)28-2)20(11-12-24)16-7-5-4-6-8-16/h4-9,11,18-19,21H,3,10,13-15H2,1-2H3/b20-11+/t18-,19+,21-/m0/s1. The Morgan fingerprint density at radius 3 is 2.69 bits per heavy atom. The van der Waals surface area contributed by atoms with E-state index < -0.39 is 12.1 Å². The van der Waals surface area contributed by atoms with Crippen LogP contribution >= 0.6 is 0 Å². The van der Waals surface area contributed by atoms with E-state index in [0.717, 1.165) is 29.6 Å². The lowest BCUT2D eigenvalue weighted by atomic mass is 9.71. The van der Waals surface area contributed by atoms with Crippen LogP contribution in [-0.4, -0.2) is 43.3 Å². The number of ether oxygens (including phenoxy) is 2. The maximum atomic E-state index is 12.5. The highest BCUT2D eigenvalue weighted by atomic mass is 16.6. The van der Waals surface area contributed by atoms with Crippen LogP contribution in [0.25, 0.3) is 5.57 Å². The van der Waals surface area contributed by atoms with Crippen LogP contribution < -0.4 is 0 Å². The molecule has 1 aromatic carbocycles. The van der Waals surface area contributed by atoms with E-state index in [-0.39, 0.29) is 24.4 Å². The number of methoxy groups -OCH3 is 1. The predicted octanol–water partition coefficient (Wildman–Crippen LogP) is 3.95. The molecule has 1 aromatic rings. The Kier molecular flexibility index (Phi) is 6.71. The highest BCUT2D eigenvalue weighted by Gasteiger charge is 2.43. The van der Waals surface area contributed by atoms with Crippen LogP contribution in [0.2, 0.25) is 0 Å². The van der Waals surface area contributed by atoms with Gasteiger partial charge in [-0.2, -0.15) is 5.26 Å². The van der Waals surface area contributed by atoms with Crippen LogP contribution in [-0.2, 0) is 14.3 Å². The summed E-state index contributed by atoms with van der Waals surface area (Å²) in [4.78, 5) is 26.2. The molecule has 0 saturated carbocycles. The molecular weight excluding hydrogens is 368 g/mol. The third kappa shape index (κ3) is 4.51. The molecule has 29 heavy (non-hydrogen) atoms. The minimum atomic E-state index is -0.636. The molecule has 0 bridgehead atoms. The first-order valence-electron chi connectivity index (χ1n) is 9.94. The molecule has 2 aliphatic rings. The number of fused-ring (bicyclic) bond motifs is 1. The predicted molar refractivity (Wildman–Crippen MR) is 108 cm³/mol. The number of benzene rings is 1. The largest absolute Gasteiger partial charge is 0.464 e. The number of nitrogens with zero attached hydrogens (tertiary/aromatic N) is 2. The number of allylic oxidation sites excluding steroid dienone is 4. The Balaban J connectivity index is 1.85. The topological polar surface area (TPSA) is 79.6 Å². The smallest absolute Gasteiger partial charge is 0.410 e. The second kappa shape index (κ2) is 9.42. The van der Waals surface area contributed by atoms with E-state index in [1.807, 2.05) is 30.3 Å². The van der Waals surface area contributed by atoms with E-state index in [1.54, 1.807) is 13.0 Å². The fraction of sp³-hybridized carbons (Fsp3) is 0.435. The van der Waals surface area contributed by atoms with E-state index in [0.29, 0.717) is 13.0 Å². The van der Waals surface area contributed by atoms with Crippen molar-refractivity contribution in [2.24, 2.45) is 11.8 Å². The van der Waals surface area contributed by atoms with Crippen molar-refractivity contribution >= 4 is 17.6 Å². The van der Waals surface area contributed by atoms with Crippen LogP contribution in [0.15, 0.2) is 48.1 Å². The van der Waals surface area contributed by atoms with E-state index in [9.17, 15) is 14.9 Å². The van der Waals surface area contributed by atoms with Crippen molar-refractivity contribution in [2.45, 2.75) is 32.2 Å². The van der Waals surface area contributed by atoms with Gasteiger partial charge in [-0.3, -0.25) is 4.90 Å². The number of hydrogen-bond acceptors (Lipinski definition) is 5. The molecule has 3 rings (SSSR count). The van der Waals surface area contributed by atoms with Crippen molar-refractivity contribution in [3.63, 3.8) is 0 Å². The van der Waals surface area contributed by atoms with Crippen molar-refractivity contribution in [1.82, 2.24) is 4.90 Å². The zero-order valence-electron chi connectivity index (χ0n) is 16.8. The molecule has 1 aliphatic carbocycles. The molecule has 1 heterocycles. The number of rotatable bonds is 4. The van der Waals surface area contributed by atoms with Gasteiger partial charge in [-0.15, -0.1) is 0 Å². The number of carbonyl (C=O) groups is 2. The van der Waals surface area contributed by atoms with Gasteiger partial charge in [0, 0.05) is 12.6 Å². The summed E-state index contributed by atoms with van der Waals surface area (Å²) in [6, 6.07) is 11.4. The number of piperidine rings is 1. The first-order chi connectivity index (χ1) is 14.1. The number of esters is 1. The Labute approximate surface area is 171 Å². The minimum Gasteiger partial charge on any atom is -0.464 e. The molecule has 1 saturated heterocycles. The van der Waals surface area contributed by atoms with E-state index >= 15 is 0 Å². The quantitative estimate of drug-likeness (QED) is 0.571. The van der Waals surface area contributed by atoms with E-state index in [2.05, 4.69) is 12.1 Å². The summed E-state index contributed by atoms with van der Waals surface area (Å²) >= 11 is 0. The Bertz CT molecular complexity index is 853. The van der Waals surface area contributed by atoms with Crippen molar-refractivity contribution in [2.75, 3.05) is 20.3 Å². The third-order valence-corrected chi connectivity index (χ3v) is 5.76. The van der Waals surface area contributed by atoms with Gasteiger partial charge in [-0.05, 0) is 54.7 Å². The summed E-state index contributed by atoms with van der Waals surface area (Å²) in [5.74, 6) is 0.0991. The van der Waals surface area contributed by atoms with Crippen molar-refractivity contribution < 1.29 is 19.1 Å². The number of likely N-dealkylation sites (tertiary alicyclic amines) is 1. The Morgan fingerprint density at radius 2 is 2.03 bits per heavy atom. The van der Waals surface area contributed by atoms with Crippen LogP contribution in [0, 0.1) is 23.2 Å². The van der Waals surface area contributed by atoms with Gasteiger partial charge in [-0.25, -0.2) is 9.59 Å². The van der Waals surface area contributed by atoms with Gasteiger partial charge in [0.15, 0.2) is 0 Å². The maximum absolute atomic E-state index is 12.5. The average molecular weight is 394 g/mol. The summed E-state index contributed by atoms with van der Waals surface area (Å²) in [6.45, 7) is 2.49. The van der Waals surface area contributed by atoms with Gasteiger partial charge in [-0.1, -0.05) is 36.4 Å². The lowest BCUT2D eigenvalue weighted by Gasteiger charge is -2.44. The molecule has 0 radical (unpaired) electrons. The number of amides is 1. The second-order valence-corrected chi connectivity index (χ2v) is 7.37. The maximum Gasteiger partial charge on any atom is 0.410 e. The molecule has 1 fully saturated rings. The summed E-state index contributed by atoms with van der Waals surface area (Å²) in [6.07, 6.45) is 5.35. The lowest BCUT2D eigenvalue weighted by Crippen LogP contribution is -2.54. The Hall–Kier alpha value is -3.07. The first-order valence-corrected chi connectivity index (χ1v) is 9.94. The highest BCUT2D eigenvalue weighted by Crippen LogP contribution is 2.42. The zero-order chi connectivity index (χ0) is 20.8. The molecule has 152 valence electrons. The van der Waals surface area contributed by atoms with Gasteiger partial charge < -0.3 is 9.47 Å². The fourth-order valence-electron chi connectivity index (χ4n) is 4.36. The van der Waals surface area contributed by atoms with Crippen molar-refractivity contribution in [3.8, 4) is 6.07 Å². The number of nitriles is 1. The van der Waals surface area contributed by atoms with Crippen molar-refractivity contribution in [1.29, 1.82) is 5.26 Å². The zero-order valence-corrected chi connectivity index (χ0v) is 16.8. The van der Waals surface area contributed by atoms with E-state index in [1.165, 1.54) is 12.0 Å². The molecule has 0 aromatic heterocycles. The third-order valence-electron chi connectivity index (χ3n) is 5.76. The van der Waals surface area contributed by atoms with Gasteiger partial charge in [0.05, 0.1) is 19.8 Å². The number of hydrogen-bond donors (Lipinski definition) is 0. The Morgan fingerprint density at radius 1 is 1.28 bits per heavy atom. The molecule has 0 spiro atoms. The summed E-state index contributed by atoms with van der Waals surface area (Å²) < 4.78 is 10.1. The summed E-state index contributed by atoms with van der Waals surface area (Å²) in [7, 11) is 1.33. The molecule has 0 N–H and O–H groups in total. The van der Waals surface area contributed by atoms with Crippen LogP contribution in [0.1, 0.15) is 31.7 Å². The monoisotopic (exact) mass is 394 g/mol. The van der Waals surface area contributed by atoms with Crippen LogP contribution in [0.5, 0.6) is 0 Å². The average Bonchev–Trinajstić information content (AvgIpc) is 2.76.